The monoisotopic (exact) mass is 347 g/mol. The van der Waals surface area contributed by atoms with Crippen molar-refractivity contribution in [2.45, 2.75) is 70.1 Å². The maximum Gasteiger partial charge on any atom is 0.254 e. The second kappa shape index (κ2) is 7.99. The molecule has 0 aliphatic heterocycles. The van der Waals surface area contributed by atoms with E-state index in [1.165, 1.54) is 12.6 Å². The van der Waals surface area contributed by atoms with Crippen molar-refractivity contribution in [3.63, 3.8) is 0 Å². The molecule has 0 saturated heterocycles. The molecule has 4 N–H and O–H groups in total. The Bertz CT molecular complexity index is 595. The Hall–Kier alpha value is -1.89. The van der Waals surface area contributed by atoms with Gasteiger partial charge in [-0.15, -0.1) is 0 Å². The average molecular weight is 347 g/mol. The van der Waals surface area contributed by atoms with Crippen LogP contribution in [0, 0.1) is 5.92 Å². The van der Waals surface area contributed by atoms with E-state index in [1.807, 2.05) is 0 Å². The summed E-state index contributed by atoms with van der Waals surface area (Å²) < 4.78 is 5.41. The zero-order valence-electron chi connectivity index (χ0n) is 15.1. The van der Waals surface area contributed by atoms with Crippen LogP contribution in [0.3, 0.4) is 0 Å². The van der Waals surface area contributed by atoms with Crippen molar-refractivity contribution in [3.05, 3.63) is 11.8 Å². The number of amides is 1. The first-order valence-corrected chi connectivity index (χ1v) is 9.31. The van der Waals surface area contributed by atoms with Gasteiger partial charge in [-0.3, -0.25) is 4.79 Å². The van der Waals surface area contributed by atoms with E-state index in [4.69, 9.17) is 10.5 Å². The predicted octanol–water partition coefficient (Wildman–Crippen LogP) is 2.55. The summed E-state index contributed by atoms with van der Waals surface area (Å²) in [6.45, 7) is 2.21. The van der Waals surface area contributed by atoms with E-state index < -0.39 is 5.91 Å². The van der Waals surface area contributed by atoms with Crippen molar-refractivity contribution in [3.8, 4) is 0 Å². The van der Waals surface area contributed by atoms with Gasteiger partial charge in [0, 0.05) is 25.4 Å². The quantitative estimate of drug-likeness (QED) is 0.700. The molecule has 0 atom stereocenters. The summed E-state index contributed by atoms with van der Waals surface area (Å²) in [4.78, 5) is 20.5. The van der Waals surface area contributed by atoms with Gasteiger partial charge in [-0.2, -0.15) is 4.98 Å². The third-order valence-electron chi connectivity index (χ3n) is 5.55. The Morgan fingerprint density at radius 2 is 1.96 bits per heavy atom. The summed E-state index contributed by atoms with van der Waals surface area (Å²) >= 11 is 0. The lowest BCUT2D eigenvalue weighted by atomic mass is 9.78. The number of rotatable bonds is 7. The fraction of sp³-hybridized carbons (Fsp3) is 0.722. The molecule has 7 heteroatoms. The number of nitrogens with two attached hydrogens (primary N) is 1. The zero-order valence-corrected chi connectivity index (χ0v) is 15.1. The first-order valence-electron chi connectivity index (χ1n) is 9.31. The lowest BCUT2D eigenvalue weighted by molar-refractivity contribution is 0.0681. The van der Waals surface area contributed by atoms with Crippen LogP contribution in [0.2, 0.25) is 0 Å². The highest BCUT2D eigenvalue weighted by molar-refractivity contribution is 5.97. The van der Waals surface area contributed by atoms with Crippen molar-refractivity contribution in [2.24, 2.45) is 11.7 Å². The highest BCUT2D eigenvalue weighted by atomic mass is 16.5. The van der Waals surface area contributed by atoms with E-state index in [-0.39, 0.29) is 0 Å². The van der Waals surface area contributed by atoms with Gasteiger partial charge < -0.3 is 21.1 Å². The smallest absolute Gasteiger partial charge is 0.254 e. The van der Waals surface area contributed by atoms with Crippen LogP contribution in [0.25, 0.3) is 0 Å². The fourth-order valence-electron chi connectivity index (χ4n) is 3.75. The van der Waals surface area contributed by atoms with Crippen LogP contribution < -0.4 is 16.4 Å². The number of hydrogen-bond donors (Lipinski definition) is 3. The van der Waals surface area contributed by atoms with Crippen LogP contribution in [0.5, 0.6) is 0 Å². The molecule has 0 bridgehead atoms. The maximum atomic E-state index is 11.7. The first-order chi connectivity index (χ1) is 12.1. The van der Waals surface area contributed by atoms with E-state index in [0.29, 0.717) is 35.5 Å². The molecule has 2 aliphatic carbocycles. The lowest BCUT2D eigenvalue weighted by Gasteiger charge is -2.36. The molecule has 0 unspecified atom stereocenters. The number of nitrogens with one attached hydrogen (secondary N) is 2. The number of primary amides is 1. The summed E-state index contributed by atoms with van der Waals surface area (Å²) in [5.41, 5.74) is 5.83. The molecule has 0 spiro atoms. The van der Waals surface area contributed by atoms with Crippen LogP contribution in [0.1, 0.15) is 62.2 Å². The van der Waals surface area contributed by atoms with Crippen LogP contribution in [-0.2, 0) is 4.74 Å². The van der Waals surface area contributed by atoms with Gasteiger partial charge in [0.2, 0.25) is 5.95 Å². The zero-order chi connectivity index (χ0) is 17.8. The highest BCUT2D eigenvalue weighted by Gasteiger charge is 2.29. The third kappa shape index (κ3) is 4.39. The number of carbonyl (C=O) groups is 1. The standard InChI is InChI=1S/C18H29N5O2/c1-3-11-8-13(9-11)21-17-15(16(19)24)10-20-18(23-17)22-12-4-6-14(25-2)7-5-12/h10-14H,3-9H2,1-2H3,(H2,19,24)(H2,20,21,22,23)/t11?,12-,13?,14-. The number of nitrogens with zero attached hydrogens (tertiary/aromatic N) is 2. The molecule has 1 heterocycles. The van der Waals surface area contributed by atoms with Gasteiger partial charge in [0.05, 0.1) is 11.7 Å². The minimum absolute atomic E-state index is 0.340. The van der Waals surface area contributed by atoms with Crippen molar-refractivity contribution < 1.29 is 9.53 Å². The normalized spacial score (nSPS) is 28.9. The van der Waals surface area contributed by atoms with Crippen molar-refractivity contribution in [1.82, 2.24) is 9.97 Å². The van der Waals surface area contributed by atoms with Gasteiger partial charge in [0.1, 0.15) is 5.82 Å². The number of anilines is 2. The molecule has 25 heavy (non-hydrogen) atoms. The van der Waals surface area contributed by atoms with Crippen molar-refractivity contribution >= 4 is 17.7 Å². The molecular weight excluding hydrogens is 318 g/mol. The number of hydrogen-bond acceptors (Lipinski definition) is 6. The van der Waals surface area contributed by atoms with Crippen LogP contribution in [0.4, 0.5) is 11.8 Å². The van der Waals surface area contributed by atoms with E-state index in [0.717, 1.165) is 44.4 Å². The van der Waals surface area contributed by atoms with Crippen LogP contribution in [0.15, 0.2) is 6.20 Å². The van der Waals surface area contributed by atoms with Gasteiger partial charge in [-0.1, -0.05) is 13.3 Å². The second-order valence-corrected chi connectivity index (χ2v) is 7.26. The minimum Gasteiger partial charge on any atom is -0.381 e. The lowest BCUT2D eigenvalue weighted by Crippen LogP contribution is -2.36. The molecule has 0 aromatic carbocycles. The summed E-state index contributed by atoms with van der Waals surface area (Å²) in [6.07, 6.45) is 9.45. The molecule has 138 valence electrons. The number of ether oxygens (including phenoxy) is 1. The van der Waals surface area contributed by atoms with Gasteiger partial charge in [0.15, 0.2) is 0 Å². The molecular formula is C18H29N5O2. The molecule has 2 aliphatic rings. The Morgan fingerprint density at radius 1 is 1.24 bits per heavy atom. The topological polar surface area (TPSA) is 102 Å². The Morgan fingerprint density at radius 3 is 2.56 bits per heavy atom. The molecule has 1 amide bonds. The fourth-order valence-corrected chi connectivity index (χ4v) is 3.75. The Kier molecular flexibility index (Phi) is 5.73. The molecule has 0 radical (unpaired) electrons. The molecule has 1 aromatic heterocycles. The van der Waals surface area contributed by atoms with Gasteiger partial charge in [-0.25, -0.2) is 4.98 Å². The van der Waals surface area contributed by atoms with E-state index >= 15 is 0 Å². The van der Waals surface area contributed by atoms with Crippen LogP contribution >= 0.6 is 0 Å². The second-order valence-electron chi connectivity index (χ2n) is 7.26. The number of methoxy groups -OCH3 is 1. The number of aromatic nitrogens is 2. The summed E-state index contributed by atoms with van der Waals surface area (Å²) in [5.74, 6) is 1.38. The van der Waals surface area contributed by atoms with Crippen molar-refractivity contribution in [1.29, 1.82) is 0 Å². The Balaban J connectivity index is 1.64. The van der Waals surface area contributed by atoms with E-state index in [2.05, 4.69) is 27.5 Å². The summed E-state index contributed by atoms with van der Waals surface area (Å²) in [6, 6.07) is 0.704. The Labute approximate surface area is 149 Å². The average Bonchev–Trinajstić information content (AvgIpc) is 2.58. The summed E-state index contributed by atoms with van der Waals surface area (Å²) in [7, 11) is 1.77. The van der Waals surface area contributed by atoms with Crippen LogP contribution in [-0.4, -0.2) is 41.2 Å². The molecule has 7 nitrogen and oxygen atoms in total. The molecule has 2 saturated carbocycles. The summed E-state index contributed by atoms with van der Waals surface area (Å²) in [5, 5.41) is 6.77. The highest BCUT2D eigenvalue weighted by Crippen LogP contribution is 2.33. The van der Waals surface area contributed by atoms with Gasteiger partial charge in [0.25, 0.3) is 5.91 Å². The molecule has 2 fully saturated rings. The number of carbonyl (C=O) groups excluding carboxylic acids is 1. The largest absolute Gasteiger partial charge is 0.381 e. The third-order valence-corrected chi connectivity index (χ3v) is 5.55. The SMILES string of the molecule is CCC1CC(Nc2nc(N[C@H]3CC[C@H](OC)CC3)ncc2C(N)=O)C1. The van der Waals surface area contributed by atoms with Gasteiger partial charge in [-0.05, 0) is 44.4 Å². The maximum absolute atomic E-state index is 11.7. The van der Waals surface area contributed by atoms with Crippen molar-refractivity contribution in [2.75, 3.05) is 17.7 Å². The van der Waals surface area contributed by atoms with E-state index in [1.54, 1.807) is 7.11 Å². The molecule has 1 aromatic rings. The minimum atomic E-state index is -0.499. The van der Waals surface area contributed by atoms with Gasteiger partial charge >= 0.3 is 0 Å². The van der Waals surface area contributed by atoms with E-state index in [9.17, 15) is 4.79 Å². The predicted molar refractivity (Wildman–Crippen MR) is 97.7 cm³/mol. The molecule has 3 rings (SSSR count). The first kappa shape index (κ1) is 17.9.